The number of nitrogens with zero attached hydrogens (tertiary/aromatic N) is 3. The Bertz CT molecular complexity index is 924. The van der Waals surface area contributed by atoms with Crippen molar-refractivity contribution in [2.45, 2.75) is 58.6 Å². The van der Waals surface area contributed by atoms with E-state index in [9.17, 15) is 14.0 Å². The Morgan fingerprint density at radius 3 is 2.81 bits per heavy atom. The fraction of sp³-hybridized carbons (Fsp3) is 0.545. The standard InChI is InChI=1S/C22H29FN4O4/c1-14(24-21(29)30-22(2,3)4)20(28)27-11-7-8-15(13-27)12-18-25-19(26-31-18)16-9-5-6-10-17(16)23/h5-6,9-10,14-15H,7-8,11-13H2,1-4H3,(H,24,29)/t14-,15-/m1/s1. The van der Waals surface area contributed by atoms with Gasteiger partial charge in [0.05, 0.1) is 5.56 Å². The van der Waals surface area contributed by atoms with Gasteiger partial charge in [-0.05, 0) is 58.6 Å². The number of aromatic nitrogens is 2. The molecule has 0 saturated carbocycles. The Balaban J connectivity index is 1.56. The first-order valence-corrected chi connectivity index (χ1v) is 10.5. The third-order valence-electron chi connectivity index (χ3n) is 4.98. The Hall–Kier alpha value is -2.97. The molecule has 1 aromatic heterocycles. The van der Waals surface area contributed by atoms with Gasteiger partial charge in [0, 0.05) is 19.5 Å². The highest BCUT2D eigenvalue weighted by Crippen LogP contribution is 2.24. The van der Waals surface area contributed by atoms with E-state index in [1.165, 1.54) is 6.07 Å². The number of alkyl carbamates (subject to hydrolysis) is 1. The van der Waals surface area contributed by atoms with Crippen LogP contribution in [0.25, 0.3) is 11.4 Å². The lowest BCUT2D eigenvalue weighted by Gasteiger charge is -2.34. The maximum atomic E-state index is 13.9. The Labute approximate surface area is 181 Å². The zero-order valence-corrected chi connectivity index (χ0v) is 18.4. The summed E-state index contributed by atoms with van der Waals surface area (Å²) in [6.07, 6.45) is 1.63. The molecule has 2 amide bonds. The van der Waals surface area contributed by atoms with Crippen molar-refractivity contribution in [2.75, 3.05) is 13.1 Å². The second kappa shape index (κ2) is 9.45. The molecule has 168 valence electrons. The van der Waals surface area contributed by atoms with Crippen molar-refractivity contribution in [3.63, 3.8) is 0 Å². The van der Waals surface area contributed by atoms with Crippen molar-refractivity contribution < 1.29 is 23.2 Å². The van der Waals surface area contributed by atoms with Gasteiger partial charge in [-0.15, -0.1) is 0 Å². The molecule has 31 heavy (non-hydrogen) atoms. The number of hydrogen-bond donors (Lipinski definition) is 1. The molecule has 2 heterocycles. The van der Waals surface area contributed by atoms with Gasteiger partial charge in [-0.25, -0.2) is 9.18 Å². The zero-order chi connectivity index (χ0) is 22.6. The van der Waals surface area contributed by atoms with Gasteiger partial charge < -0.3 is 19.5 Å². The van der Waals surface area contributed by atoms with Crippen LogP contribution in [0.3, 0.4) is 0 Å². The Kier molecular flexibility index (Phi) is 6.92. The zero-order valence-electron chi connectivity index (χ0n) is 18.4. The van der Waals surface area contributed by atoms with Crippen LogP contribution in [0.1, 0.15) is 46.4 Å². The normalized spacial score (nSPS) is 17.8. The molecule has 0 spiro atoms. The monoisotopic (exact) mass is 432 g/mol. The SMILES string of the molecule is C[C@@H](NC(=O)OC(C)(C)C)C(=O)N1CCC[C@H](Cc2nc(-c3ccccc3F)no2)C1. The van der Waals surface area contributed by atoms with Crippen molar-refractivity contribution in [3.05, 3.63) is 36.0 Å². The minimum atomic E-state index is -0.690. The lowest BCUT2D eigenvalue weighted by molar-refractivity contribution is -0.134. The number of hydrogen-bond acceptors (Lipinski definition) is 6. The molecular weight excluding hydrogens is 403 g/mol. The van der Waals surface area contributed by atoms with Gasteiger partial charge in [0.15, 0.2) is 0 Å². The summed E-state index contributed by atoms with van der Waals surface area (Å²) in [4.78, 5) is 30.8. The molecule has 0 unspecified atom stereocenters. The van der Waals surface area contributed by atoms with Crippen LogP contribution in [0.15, 0.2) is 28.8 Å². The molecule has 1 N–H and O–H groups in total. The highest BCUT2D eigenvalue weighted by atomic mass is 19.1. The summed E-state index contributed by atoms with van der Waals surface area (Å²) in [5.74, 6) is 0.203. The summed E-state index contributed by atoms with van der Waals surface area (Å²) in [7, 11) is 0. The maximum absolute atomic E-state index is 13.9. The Morgan fingerprint density at radius 2 is 2.10 bits per heavy atom. The molecule has 0 bridgehead atoms. The molecule has 1 aromatic carbocycles. The molecule has 0 aliphatic carbocycles. The molecule has 1 saturated heterocycles. The first kappa shape index (κ1) is 22.7. The topological polar surface area (TPSA) is 97.6 Å². The van der Waals surface area contributed by atoms with Gasteiger partial charge in [0.25, 0.3) is 0 Å². The number of carbonyl (C=O) groups is 2. The van der Waals surface area contributed by atoms with Crippen LogP contribution in [0.2, 0.25) is 0 Å². The molecule has 2 atom stereocenters. The molecular formula is C22H29FN4O4. The van der Waals surface area contributed by atoms with Crippen molar-refractivity contribution in [3.8, 4) is 11.4 Å². The number of benzene rings is 1. The summed E-state index contributed by atoms with van der Waals surface area (Å²) in [6.45, 7) is 8.10. The predicted octanol–water partition coefficient (Wildman–Crippen LogP) is 3.57. The lowest BCUT2D eigenvalue weighted by atomic mass is 9.94. The summed E-state index contributed by atoms with van der Waals surface area (Å²) in [5.41, 5.74) is -0.339. The number of piperidine rings is 1. The molecule has 0 radical (unpaired) electrons. The largest absolute Gasteiger partial charge is 0.444 e. The van der Waals surface area contributed by atoms with Gasteiger partial charge in [-0.1, -0.05) is 17.3 Å². The minimum Gasteiger partial charge on any atom is -0.444 e. The smallest absolute Gasteiger partial charge is 0.408 e. The number of ether oxygens (including phenoxy) is 1. The van der Waals surface area contributed by atoms with Crippen LogP contribution >= 0.6 is 0 Å². The Morgan fingerprint density at radius 1 is 1.35 bits per heavy atom. The number of nitrogens with one attached hydrogen (secondary N) is 1. The van der Waals surface area contributed by atoms with E-state index in [4.69, 9.17) is 9.26 Å². The van der Waals surface area contributed by atoms with E-state index in [-0.39, 0.29) is 17.6 Å². The van der Waals surface area contributed by atoms with Crippen LogP contribution in [-0.4, -0.2) is 51.8 Å². The second-order valence-corrected chi connectivity index (χ2v) is 8.86. The fourth-order valence-electron chi connectivity index (χ4n) is 3.59. The highest BCUT2D eigenvalue weighted by molar-refractivity contribution is 5.85. The van der Waals surface area contributed by atoms with Gasteiger partial charge in [-0.2, -0.15) is 4.98 Å². The van der Waals surface area contributed by atoms with E-state index in [1.807, 2.05) is 0 Å². The third kappa shape index (κ3) is 6.26. The van der Waals surface area contributed by atoms with Crippen LogP contribution in [0.4, 0.5) is 9.18 Å². The molecule has 1 fully saturated rings. The quantitative estimate of drug-likeness (QED) is 0.776. The van der Waals surface area contributed by atoms with E-state index in [0.717, 1.165) is 12.8 Å². The third-order valence-corrected chi connectivity index (χ3v) is 4.98. The molecule has 1 aliphatic rings. The van der Waals surface area contributed by atoms with Crippen LogP contribution in [-0.2, 0) is 16.0 Å². The summed E-state index contributed by atoms with van der Waals surface area (Å²) in [6, 6.07) is 5.58. The highest BCUT2D eigenvalue weighted by Gasteiger charge is 2.29. The first-order chi connectivity index (χ1) is 14.6. The average Bonchev–Trinajstić information content (AvgIpc) is 3.14. The van der Waals surface area contributed by atoms with Crippen molar-refractivity contribution in [2.24, 2.45) is 5.92 Å². The number of carbonyl (C=O) groups excluding carboxylic acids is 2. The summed E-state index contributed by atoms with van der Waals surface area (Å²) < 4.78 is 24.5. The van der Waals surface area contributed by atoms with Crippen molar-refractivity contribution in [1.82, 2.24) is 20.4 Å². The van der Waals surface area contributed by atoms with Crippen LogP contribution in [0, 0.1) is 11.7 Å². The van der Waals surface area contributed by atoms with E-state index in [0.29, 0.717) is 31.0 Å². The number of amides is 2. The second-order valence-electron chi connectivity index (χ2n) is 8.86. The van der Waals surface area contributed by atoms with Gasteiger partial charge in [-0.3, -0.25) is 4.79 Å². The van der Waals surface area contributed by atoms with Gasteiger partial charge in [0.2, 0.25) is 17.6 Å². The van der Waals surface area contributed by atoms with Gasteiger partial charge >= 0.3 is 6.09 Å². The van der Waals surface area contributed by atoms with Gasteiger partial charge in [0.1, 0.15) is 17.5 Å². The first-order valence-electron chi connectivity index (χ1n) is 10.5. The predicted molar refractivity (Wildman–Crippen MR) is 112 cm³/mol. The average molecular weight is 432 g/mol. The fourth-order valence-corrected chi connectivity index (χ4v) is 3.59. The maximum Gasteiger partial charge on any atom is 0.408 e. The van der Waals surface area contributed by atoms with E-state index in [2.05, 4.69) is 15.5 Å². The number of rotatable bonds is 5. The van der Waals surface area contributed by atoms with E-state index in [1.54, 1.807) is 50.8 Å². The number of halogens is 1. The summed E-state index contributed by atoms with van der Waals surface area (Å²) >= 11 is 0. The number of likely N-dealkylation sites (tertiary alicyclic amines) is 1. The molecule has 8 nitrogen and oxygen atoms in total. The summed E-state index contributed by atoms with van der Waals surface area (Å²) in [5, 5.41) is 6.48. The minimum absolute atomic E-state index is 0.139. The van der Waals surface area contributed by atoms with Crippen molar-refractivity contribution in [1.29, 1.82) is 0 Å². The molecule has 1 aliphatic heterocycles. The van der Waals surface area contributed by atoms with E-state index >= 15 is 0 Å². The molecule has 3 rings (SSSR count). The van der Waals surface area contributed by atoms with Crippen molar-refractivity contribution >= 4 is 12.0 Å². The van der Waals surface area contributed by atoms with E-state index < -0.39 is 23.6 Å². The van der Waals surface area contributed by atoms with Crippen LogP contribution < -0.4 is 5.32 Å². The lowest BCUT2D eigenvalue weighted by Crippen LogP contribution is -2.51. The van der Waals surface area contributed by atoms with Crippen LogP contribution in [0.5, 0.6) is 0 Å². The molecule has 2 aromatic rings. The molecule has 9 heteroatoms.